The van der Waals surface area contributed by atoms with Crippen molar-refractivity contribution in [1.29, 1.82) is 0 Å². The second-order valence-corrected chi connectivity index (χ2v) is 3.64. The van der Waals surface area contributed by atoms with E-state index in [0.717, 1.165) is 11.5 Å². The molecule has 13 heavy (non-hydrogen) atoms. The van der Waals surface area contributed by atoms with Crippen molar-refractivity contribution in [3.63, 3.8) is 0 Å². The van der Waals surface area contributed by atoms with Crippen molar-refractivity contribution < 1.29 is 0 Å². The summed E-state index contributed by atoms with van der Waals surface area (Å²) in [5.74, 6) is 1.14. The third-order valence-corrected chi connectivity index (χ3v) is 2.39. The molecule has 0 radical (unpaired) electrons. The maximum absolute atomic E-state index is 5.69. The zero-order chi connectivity index (χ0) is 9.42. The lowest BCUT2D eigenvalue weighted by molar-refractivity contribution is 0.861. The first-order chi connectivity index (χ1) is 6.22. The molecule has 2 rings (SSSR count). The molecule has 0 aliphatic heterocycles. The average molecular weight is 262 g/mol. The van der Waals surface area contributed by atoms with Crippen LogP contribution in [0.4, 0.5) is 0 Å². The molecule has 0 aromatic carbocycles. The Hall–Kier alpha value is -0.680. The molecule has 6 heteroatoms. The molecule has 2 aromatic heterocycles. The van der Waals surface area contributed by atoms with E-state index in [4.69, 9.17) is 11.6 Å². The number of aryl methyl sites for hydroxylation is 1. The van der Waals surface area contributed by atoms with Crippen molar-refractivity contribution in [1.82, 2.24) is 19.5 Å². The van der Waals surface area contributed by atoms with Gasteiger partial charge < -0.3 is 4.57 Å². The van der Waals surface area contributed by atoms with Crippen LogP contribution in [0.15, 0.2) is 10.8 Å². The van der Waals surface area contributed by atoms with Gasteiger partial charge in [0.25, 0.3) is 0 Å². The van der Waals surface area contributed by atoms with E-state index in [-0.39, 0.29) is 0 Å². The Labute approximate surface area is 88.1 Å². The van der Waals surface area contributed by atoms with Crippen molar-refractivity contribution in [2.45, 2.75) is 5.88 Å². The van der Waals surface area contributed by atoms with Crippen LogP contribution >= 0.6 is 27.5 Å². The molecule has 0 aliphatic carbocycles. The van der Waals surface area contributed by atoms with Crippen LogP contribution in [0, 0.1) is 0 Å². The van der Waals surface area contributed by atoms with Gasteiger partial charge in [0.2, 0.25) is 0 Å². The summed E-state index contributed by atoms with van der Waals surface area (Å²) in [4.78, 5) is 12.6. The maximum Gasteiger partial charge on any atom is 0.197 e. The highest BCUT2D eigenvalue weighted by molar-refractivity contribution is 9.10. The average Bonchev–Trinajstić information content (AvgIpc) is 2.44. The summed E-state index contributed by atoms with van der Waals surface area (Å²) in [6.45, 7) is 0. The molecule has 0 spiro atoms. The van der Waals surface area contributed by atoms with E-state index in [2.05, 4.69) is 30.9 Å². The van der Waals surface area contributed by atoms with E-state index in [1.54, 1.807) is 6.20 Å². The Morgan fingerprint density at radius 1 is 1.54 bits per heavy atom. The minimum absolute atomic E-state index is 0.367. The fourth-order valence-electron chi connectivity index (χ4n) is 1.10. The first-order valence-electron chi connectivity index (χ1n) is 3.62. The number of halogens is 2. The van der Waals surface area contributed by atoms with Gasteiger partial charge in [-0.1, -0.05) is 0 Å². The van der Waals surface area contributed by atoms with Crippen molar-refractivity contribution in [2.75, 3.05) is 0 Å². The standard InChI is InChI=1S/C7H6BrClN4/c1-13-5(2-9)12-6-7(13)11-4(8)3-10-6/h3H,2H2,1H3. The third-order valence-electron chi connectivity index (χ3n) is 1.77. The summed E-state index contributed by atoms with van der Waals surface area (Å²) < 4.78 is 2.53. The largest absolute Gasteiger partial charge is 0.313 e. The summed E-state index contributed by atoms with van der Waals surface area (Å²) in [5.41, 5.74) is 1.37. The molecule has 68 valence electrons. The maximum atomic E-state index is 5.69. The highest BCUT2D eigenvalue weighted by Crippen LogP contribution is 2.14. The highest BCUT2D eigenvalue weighted by atomic mass is 79.9. The van der Waals surface area contributed by atoms with Crippen molar-refractivity contribution >= 4 is 38.8 Å². The van der Waals surface area contributed by atoms with Crippen molar-refractivity contribution in [3.8, 4) is 0 Å². The molecule has 4 nitrogen and oxygen atoms in total. The Kier molecular flexibility index (Phi) is 2.21. The summed E-state index contributed by atoms with van der Waals surface area (Å²) >= 11 is 8.94. The summed E-state index contributed by atoms with van der Waals surface area (Å²) in [6, 6.07) is 0. The van der Waals surface area contributed by atoms with Gasteiger partial charge in [-0.3, -0.25) is 0 Å². The number of hydrogen-bond donors (Lipinski definition) is 0. The van der Waals surface area contributed by atoms with Crippen LogP contribution in [-0.2, 0) is 12.9 Å². The zero-order valence-corrected chi connectivity index (χ0v) is 9.17. The Morgan fingerprint density at radius 3 is 3.00 bits per heavy atom. The van der Waals surface area contributed by atoms with Gasteiger partial charge in [0.15, 0.2) is 11.3 Å². The lowest BCUT2D eigenvalue weighted by Crippen LogP contribution is -1.95. The molecule has 2 aromatic rings. The fourth-order valence-corrected chi connectivity index (χ4v) is 1.60. The van der Waals surface area contributed by atoms with Gasteiger partial charge in [0, 0.05) is 7.05 Å². The summed E-state index contributed by atoms with van der Waals surface area (Å²) in [7, 11) is 1.87. The van der Waals surface area contributed by atoms with Gasteiger partial charge in [0.05, 0.1) is 12.1 Å². The van der Waals surface area contributed by atoms with Gasteiger partial charge >= 0.3 is 0 Å². The topological polar surface area (TPSA) is 43.6 Å². The molecule has 0 saturated carbocycles. The van der Waals surface area contributed by atoms with Crippen LogP contribution in [0.5, 0.6) is 0 Å². The third kappa shape index (κ3) is 1.42. The first-order valence-corrected chi connectivity index (χ1v) is 4.95. The molecule has 0 unspecified atom stereocenters. The second kappa shape index (κ2) is 3.23. The Bertz CT molecular complexity index is 453. The predicted molar refractivity (Wildman–Crippen MR) is 53.6 cm³/mol. The zero-order valence-electron chi connectivity index (χ0n) is 6.83. The number of imidazole rings is 1. The number of alkyl halides is 1. The molecular weight excluding hydrogens is 255 g/mol. The smallest absolute Gasteiger partial charge is 0.197 e. The summed E-state index contributed by atoms with van der Waals surface area (Å²) in [5, 5.41) is 0. The molecule has 0 fully saturated rings. The van der Waals surface area contributed by atoms with Crippen molar-refractivity contribution in [2.24, 2.45) is 7.05 Å². The molecule has 0 bridgehead atoms. The fraction of sp³-hybridized carbons (Fsp3) is 0.286. The van der Waals surface area contributed by atoms with E-state index < -0.39 is 0 Å². The Morgan fingerprint density at radius 2 is 2.31 bits per heavy atom. The molecular formula is C7H6BrClN4. The first kappa shape index (κ1) is 8.90. The molecule has 2 heterocycles. The van der Waals surface area contributed by atoms with Gasteiger partial charge in [0.1, 0.15) is 10.4 Å². The molecule has 0 amide bonds. The van der Waals surface area contributed by atoms with Crippen LogP contribution in [0.3, 0.4) is 0 Å². The molecule has 0 aliphatic rings. The molecule has 0 saturated heterocycles. The Balaban J connectivity index is 2.77. The molecule has 0 atom stereocenters. The summed E-state index contributed by atoms with van der Waals surface area (Å²) in [6.07, 6.45) is 1.62. The SMILES string of the molecule is Cn1c(CCl)nc2ncc(Br)nc21. The van der Waals surface area contributed by atoms with Crippen LogP contribution in [0.25, 0.3) is 11.3 Å². The monoisotopic (exact) mass is 260 g/mol. The van der Waals surface area contributed by atoms with Crippen LogP contribution < -0.4 is 0 Å². The predicted octanol–water partition coefficient (Wildman–Crippen LogP) is 1.86. The number of hydrogen-bond acceptors (Lipinski definition) is 3. The lowest BCUT2D eigenvalue weighted by atomic mass is 10.6. The number of nitrogens with zero attached hydrogens (tertiary/aromatic N) is 4. The normalized spacial score (nSPS) is 11.0. The molecule has 0 N–H and O–H groups in total. The van der Waals surface area contributed by atoms with E-state index in [9.17, 15) is 0 Å². The van der Waals surface area contributed by atoms with E-state index in [1.807, 2.05) is 11.6 Å². The van der Waals surface area contributed by atoms with E-state index in [0.29, 0.717) is 16.1 Å². The van der Waals surface area contributed by atoms with Gasteiger partial charge in [-0.15, -0.1) is 11.6 Å². The highest BCUT2D eigenvalue weighted by Gasteiger charge is 2.08. The van der Waals surface area contributed by atoms with Crippen LogP contribution in [0.1, 0.15) is 5.82 Å². The van der Waals surface area contributed by atoms with Crippen LogP contribution in [0.2, 0.25) is 0 Å². The minimum Gasteiger partial charge on any atom is -0.313 e. The minimum atomic E-state index is 0.367. The van der Waals surface area contributed by atoms with E-state index >= 15 is 0 Å². The number of fused-ring (bicyclic) bond motifs is 1. The lowest BCUT2D eigenvalue weighted by Gasteiger charge is -1.95. The van der Waals surface area contributed by atoms with Crippen LogP contribution in [-0.4, -0.2) is 19.5 Å². The van der Waals surface area contributed by atoms with Gasteiger partial charge in [-0.25, -0.2) is 15.0 Å². The second-order valence-electron chi connectivity index (χ2n) is 2.56. The van der Waals surface area contributed by atoms with Crippen molar-refractivity contribution in [3.05, 3.63) is 16.6 Å². The quantitative estimate of drug-likeness (QED) is 0.736. The number of aromatic nitrogens is 4. The van der Waals surface area contributed by atoms with Gasteiger partial charge in [-0.2, -0.15) is 0 Å². The van der Waals surface area contributed by atoms with E-state index in [1.165, 1.54) is 0 Å². The number of rotatable bonds is 1. The van der Waals surface area contributed by atoms with Gasteiger partial charge in [-0.05, 0) is 15.9 Å².